The molecule has 0 radical (unpaired) electrons. The summed E-state index contributed by atoms with van der Waals surface area (Å²) >= 11 is 6.91. The summed E-state index contributed by atoms with van der Waals surface area (Å²) < 4.78 is 39.3. The van der Waals surface area contributed by atoms with Crippen molar-refractivity contribution >= 4 is 41.7 Å². The van der Waals surface area contributed by atoms with Gasteiger partial charge in [0.15, 0.2) is 9.84 Å². The molecule has 0 amide bonds. The Morgan fingerprint density at radius 2 is 1.60 bits per heavy atom. The first-order valence-corrected chi connectivity index (χ1v) is 10.6. The van der Waals surface area contributed by atoms with Gasteiger partial charge in [-0.3, -0.25) is 4.98 Å². The highest BCUT2D eigenvalue weighted by Gasteiger charge is 2.16. The molecule has 1 aromatic heterocycles. The minimum absolute atomic E-state index is 0.312. The lowest BCUT2D eigenvalue weighted by Gasteiger charge is -2.11. The number of aromatic nitrogens is 1. The number of pyridine rings is 1. The zero-order valence-electron chi connectivity index (χ0n) is 13.0. The van der Waals surface area contributed by atoms with Gasteiger partial charge < -0.3 is 0 Å². The topological polar surface area (TPSA) is 47.0 Å². The Bertz CT molecular complexity index is 1070. The average molecular weight is 485 g/mol. The van der Waals surface area contributed by atoms with Crippen molar-refractivity contribution in [1.29, 1.82) is 0 Å². The Kier molecular flexibility index (Phi) is 5.09. The molecule has 128 valence electrons. The van der Waals surface area contributed by atoms with Crippen molar-refractivity contribution in [3.05, 3.63) is 69.6 Å². The monoisotopic (exact) mass is 483 g/mol. The summed E-state index contributed by atoms with van der Waals surface area (Å²) in [5.41, 5.74) is 3.08. The maximum absolute atomic E-state index is 14.3. The van der Waals surface area contributed by atoms with Gasteiger partial charge >= 0.3 is 0 Å². The Hall–Kier alpha value is -1.57. The smallest absolute Gasteiger partial charge is 0.178 e. The molecule has 0 saturated carbocycles. The van der Waals surface area contributed by atoms with Crippen LogP contribution < -0.4 is 0 Å². The molecule has 25 heavy (non-hydrogen) atoms. The predicted octanol–water partition coefficient (Wildman–Crippen LogP) is 5.48. The minimum Gasteiger partial charge on any atom is -0.264 e. The zero-order chi connectivity index (χ0) is 18.2. The van der Waals surface area contributed by atoms with Crippen LogP contribution in [0, 0.1) is 5.82 Å². The summed E-state index contributed by atoms with van der Waals surface area (Å²) in [6, 6.07) is 11.7. The third-order valence-corrected chi connectivity index (χ3v) is 6.70. The summed E-state index contributed by atoms with van der Waals surface area (Å²) in [5.74, 6) is -0.771. The largest absolute Gasteiger partial charge is 0.264 e. The molecule has 0 aliphatic rings. The van der Waals surface area contributed by atoms with Crippen LogP contribution in [0.1, 0.15) is 0 Å². The Morgan fingerprint density at radius 1 is 0.920 bits per heavy atom. The third kappa shape index (κ3) is 3.83. The van der Waals surface area contributed by atoms with Crippen molar-refractivity contribution in [2.45, 2.75) is 4.90 Å². The van der Waals surface area contributed by atoms with E-state index in [1.165, 1.54) is 12.1 Å². The number of sulfone groups is 1. The molecule has 0 aliphatic carbocycles. The first kappa shape index (κ1) is 18.2. The van der Waals surface area contributed by atoms with E-state index in [0.717, 1.165) is 31.9 Å². The lowest BCUT2D eigenvalue weighted by molar-refractivity contribution is 0.571. The number of hydrogen-bond donors (Lipinski definition) is 0. The molecule has 1 heterocycles. The Labute approximate surface area is 162 Å². The number of hydrogen-bond acceptors (Lipinski definition) is 3. The van der Waals surface area contributed by atoms with E-state index in [1.807, 2.05) is 24.3 Å². The van der Waals surface area contributed by atoms with E-state index in [0.29, 0.717) is 5.56 Å². The second-order valence-electron chi connectivity index (χ2n) is 5.47. The normalized spacial score (nSPS) is 11.5. The number of rotatable bonds is 3. The summed E-state index contributed by atoms with van der Waals surface area (Å²) in [5, 5.41) is 0. The fourth-order valence-corrected chi connectivity index (χ4v) is 3.86. The molecule has 3 aromatic rings. The highest BCUT2D eigenvalue weighted by molar-refractivity contribution is 9.13. The number of benzene rings is 2. The van der Waals surface area contributed by atoms with Crippen LogP contribution >= 0.6 is 31.9 Å². The van der Waals surface area contributed by atoms with Gasteiger partial charge in [0.1, 0.15) is 10.7 Å². The van der Waals surface area contributed by atoms with Crippen LogP contribution in [-0.2, 0) is 9.84 Å². The summed E-state index contributed by atoms with van der Waals surface area (Å²) in [6.07, 6.45) is 4.29. The van der Waals surface area contributed by atoms with E-state index < -0.39 is 15.7 Å². The highest BCUT2D eigenvalue weighted by atomic mass is 79.9. The van der Waals surface area contributed by atoms with Crippen molar-refractivity contribution in [2.75, 3.05) is 6.26 Å². The van der Waals surface area contributed by atoms with Gasteiger partial charge in [-0.2, -0.15) is 0 Å². The number of halogens is 3. The van der Waals surface area contributed by atoms with E-state index in [9.17, 15) is 12.8 Å². The van der Waals surface area contributed by atoms with E-state index in [2.05, 4.69) is 36.8 Å². The van der Waals surface area contributed by atoms with Gasteiger partial charge in [-0.1, -0.05) is 12.1 Å². The van der Waals surface area contributed by atoms with Crippen LogP contribution in [0.25, 0.3) is 22.3 Å². The minimum atomic E-state index is -3.61. The molecular weight excluding hydrogens is 473 g/mol. The lowest BCUT2D eigenvalue weighted by Crippen LogP contribution is -2.01. The molecule has 0 bridgehead atoms. The van der Waals surface area contributed by atoms with Gasteiger partial charge in [0.2, 0.25) is 0 Å². The van der Waals surface area contributed by atoms with Gasteiger partial charge in [-0.25, -0.2) is 12.8 Å². The van der Waals surface area contributed by atoms with Gasteiger partial charge in [-0.05, 0) is 78.9 Å². The SMILES string of the molecule is CS(=O)(=O)c1ccc(-c2cnccc2-c2ccc(Br)c(Br)c2)cc1F. The summed E-state index contributed by atoms with van der Waals surface area (Å²) in [4.78, 5) is 3.81. The molecule has 0 fully saturated rings. The van der Waals surface area contributed by atoms with E-state index in [1.54, 1.807) is 18.5 Å². The van der Waals surface area contributed by atoms with Crippen LogP contribution in [0.2, 0.25) is 0 Å². The molecule has 3 rings (SSSR count). The van der Waals surface area contributed by atoms with E-state index >= 15 is 0 Å². The molecule has 3 nitrogen and oxygen atoms in total. The van der Waals surface area contributed by atoms with Crippen LogP contribution in [0.5, 0.6) is 0 Å². The quantitative estimate of drug-likeness (QED) is 0.494. The Balaban J connectivity index is 2.16. The zero-order valence-corrected chi connectivity index (χ0v) is 17.0. The molecule has 0 spiro atoms. The van der Waals surface area contributed by atoms with Crippen LogP contribution in [0.3, 0.4) is 0 Å². The molecule has 2 aromatic carbocycles. The van der Waals surface area contributed by atoms with Gasteiger partial charge in [0, 0.05) is 33.2 Å². The second-order valence-corrected chi connectivity index (χ2v) is 9.16. The molecular formula is C18H12Br2FNO2S. The van der Waals surface area contributed by atoms with Crippen LogP contribution in [0.15, 0.2) is 68.7 Å². The summed E-state index contributed by atoms with van der Waals surface area (Å²) in [7, 11) is -3.61. The standard InChI is InChI=1S/C18H12Br2FNO2S/c1-25(23,24)18-5-3-12(9-17(18)21)14-10-22-7-6-13(14)11-2-4-15(19)16(20)8-11/h2-10H,1H3. The van der Waals surface area contributed by atoms with Crippen molar-refractivity contribution in [3.8, 4) is 22.3 Å². The molecule has 0 N–H and O–H groups in total. The summed E-state index contributed by atoms with van der Waals surface area (Å²) in [6.45, 7) is 0. The molecule has 0 aliphatic heterocycles. The first-order chi connectivity index (χ1) is 11.8. The van der Waals surface area contributed by atoms with Crippen LogP contribution in [0.4, 0.5) is 4.39 Å². The fraction of sp³-hybridized carbons (Fsp3) is 0.0556. The predicted molar refractivity (Wildman–Crippen MR) is 104 cm³/mol. The average Bonchev–Trinajstić information content (AvgIpc) is 2.56. The molecule has 0 saturated heterocycles. The molecule has 0 atom stereocenters. The van der Waals surface area contributed by atoms with Gasteiger partial charge in [0.05, 0.1) is 0 Å². The van der Waals surface area contributed by atoms with E-state index in [-0.39, 0.29) is 4.90 Å². The Morgan fingerprint density at radius 3 is 2.24 bits per heavy atom. The van der Waals surface area contributed by atoms with Crippen molar-refractivity contribution in [3.63, 3.8) is 0 Å². The van der Waals surface area contributed by atoms with Gasteiger partial charge in [-0.15, -0.1) is 0 Å². The van der Waals surface area contributed by atoms with Crippen molar-refractivity contribution in [1.82, 2.24) is 4.98 Å². The van der Waals surface area contributed by atoms with Crippen molar-refractivity contribution in [2.24, 2.45) is 0 Å². The van der Waals surface area contributed by atoms with Gasteiger partial charge in [0.25, 0.3) is 0 Å². The number of nitrogens with zero attached hydrogens (tertiary/aromatic N) is 1. The first-order valence-electron chi connectivity index (χ1n) is 7.17. The highest BCUT2D eigenvalue weighted by Crippen LogP contribution is 2.35. The van der Waals surface area contributed by atoms with E-state index in [4.69, 9.17) is 0 Å². The van der Waals surface area contributed by atoms with Crippen molar-refractivity contribution < 1.29 is 12.8 Å². The fourth-order valence-electron chi connectivity index (χ4n) is 2.51. The second kappa shape index (κ2) is 6.97. The maximum atomic E-state index is 14.3. The van der Waals surface area contributed by atoms with Crippen LogP contribution in [-0.4, -0.2) is 19.7 Å². The third-order valence-electron chi connectivity index (χ3n) is 3.69. The molecule has 0 unspecified atom stereocenters. The lowest BCUT2D eigenvalue weighted by atomic mass is 9.96. The maximum Gasteiger partial charge on any atom is 0.178 e. The molecule has 7 heteroatoms.